The number of amides is 1. The summed E-state index contributed by atoms with van der Waals surface area (Å²) in [5, 5.41) is 20.4. The van der Waals surface area contributed by atoms with E-state index in [2.05, 4.69) is 15.5 Å². The van der Waals surface area contributed by atoms with Crippen LogP contribution in [0.4, 0.5) is 0 Å². The molecule has 6 heteroatoms. The van der Waals surface area contributed by atoms with Gasteiger partial charge in [-0.1, -0.05) is 42.1 Å². The number of phenols is 1. The maximum atomic E-state index is 11.0. The summed E-state index contributed by atoms with van der Waals surface area (Å²) in [5.74, 6) is 0.590. The van der Waals surface area contributed by atoms with Gasteiger partial charge >= 0.3 is 0 Å². The van der Waals surface area contributed by atoms with Gasteiger partial charge in [0, 0.05) is 0 Å². The maximum absolute atomic E-state index is 11.0. The Labute approximate surface area is 131 Å². The number of nitrogens with one attached hydrogen (secondary N) is 1. The van der Waals surface area contributed by atoms with Crippen molar-refractivity contribution in [2.45, 2.75) is 0 Å². The molecule has 2 aromatic carbocycles. The van der Waals surface area contributed by atoms with E-state index in [1.54, 1.807) is 18.3 Å². The van der Waals surface area contributed by atoms with Crippen molar-refractivity contribution in [1.29, 1.82) is 0 Å². The van der Waals surface area contributed by atoms with Gasteiger partial charge in [-0.2, -0.15) is 5.10 Å². The van der Waals surface area contributed by atoms with Crippen molar-refractivity contribution in [3.8, 4) is 16.9 Å². The highest BCUT2D eigenvalue weighted by molar-refractivity contribution is 8.15. The van der Waals surface area contributed by atoms with Gasteiger partial charge in [0.1, 0.15) is 5.75 Å². The van der Waals surface area contributed by atoms with E-state index in [-0.39, 0.29) is 11.7 Å². The van der Waals surface area contributed by atoms with Gasteiger partial charge in [0.15, 0.2) is 5.17 Å². The molecule has 0 atom stereocenters. The number of carbonyl (C=O) groups is 1. The lowest BCUT2D eigenvalue weighted by atomic mass is 10.0. The van der Waals surface area contributed by atoms with Crippen LogP contribution in [0, 0.1) is 0 Å². The van der Waals surface area contributed by atoms with E-state index in [0.717, 1.165) is 16.7 Å². The number of benzene rings is 2. The Bertz CT molecular complexity index is 754. The zero-order valence-corrected chi connectivity index (χ0v) is 12.4. The number of carbonyl (C=O) groups excluding carboxylic acids is 1. The monoisotopic (exact) mass is 311 g/mol. The van der Waals surface area contributed by atoms with Gasteiger partial charge in [-0.05, 0) is 34.9 Å². The van der Waals surface area contributed by atoms with E-state index in [0.29, 0.717) is 10.9 Å². The van der Waals surface area contributed by atoms with E-state index in [1.807, 2.05) is 36.4 Å². The third-order valence-electron chi connectivity index (χ3n) is 3.03. The molecule has 2 N–H and O–H groups in total. The zero-order chi connectivity index (χ0) is 15.4. The van der Waals surface area contributed by atoms with Crippen LogP contribution in [0.2, 0.25) is 0 Å². The summed E-state index contributed by atoms with van der Waals surface area (Å²) in [6.07, 6.45) is 1.64. The van der Waals surface area contributed by atoms with E-state index in [4.69, 9.17) is 0 Å². The Hall–Kier alpha value is -2.60. The molecule has 1 amide bonds. The minimum absolute atomic E-state index is 0.0479. The van der Waals surface area contributed by atoms with Gasteiger partial charge < -0.3 is 10.4 Å². The molecular weight excluding hydrogens is 298 g/mol. The summed E-state index contributed by atoms with van der Waals surface area (Å²) in [6.45, 7) is 0. The third-order valence-corrected chi connectivity index (χ3v) is 3.89. The molecule has 1 fully saturated rings. The summed E-state index contributed by atoms with van der Waals surface area (Å²) in [5.41, 5.74) is 2.95. The minimum atomic E-state index is -0.0479. The fraction of sp³-hybridized carbons (Fsp3) is 0.0625. The Balaban J connectivity index is 1.76. The molecule has 0 bridgehead atoms. The van der Waals surface area contributed by atoms with Crippen molar-refractivity contribution in [3.63, 3.8) is 0 Å². The number of phenolic OH excluding ortho intramolecular Hbond substituents is 1. The Morgan fingerprint density at radius 1 is 1.14 bits per heavy atom. The molecule has 0 spiro atoms. The van der Waals surface area contributed by atoms with Crippen LogP contribution in [0.5, 0.6) is 5.75 Å². The fourth-order valence-corrected chi connectivity index (χ4v) is 2.61. The van der Waals surface area contributed by atoms with Crippen LogP contribution in [0.25, 0.3) is 11.1 Å². The number of nitrogens with zero attached hydrogens (tertiary/aromatic N) is 2. The second kappa shape index (κ2) is 6.44. The van der Waals surface area contributed by atoms with Gasteiger partial charge in [-0.3, -0.25) is 4.79 Å². The first-order chi connectivity index (χ1) is 10.7. The number of thioether (sulfide) groups is 1. The smallest absolute Gasteiger partial charge is 0.236 e. The minimum Gasteiger partial charge on any atom is -0.508 e. The van der Waals surface area contributed by atoms with Gasteiger partial charge in [0.25, 0.3) is 0 Å². The quantitative estimate of drug-likeness (QED) is 0.676. The highest BCUT2D eigenvalue weighted by atomic mass is 32.2. The summed E-state index contributed by atoms with van der Waals surface area (Å²) in [6, 6.07) is 14.9. The first kappa shape index (κ1) is 14.3. The molecular formula is C16H13N3O2S. The molecule has 22 heavy (non-hydrogen) atoms. The predicted molar refractivity (Wildman–Crippen MR) is 89.2 cm³/mol. The second-order valence-corrected chi connectivity index (χ2v) is 5.62. The number of aromatic hydroxyl groups is 1. The van der Waals surface area contributed by atoms with Crippen molar-refractivity contribution < 1.29 is 9.90 Å². The molecule has 2 aromatic rings. The standard InChI is InChI=1S/C16H13N3O2S/c20-14-6-4-12(5-7-14)13-3-1-2-11(8-13)9-17-19-16-18-15(21)10-22-16/h1-9,20H,10H2,(H,18,19,21). The Morgan fingerprint density at radius 2 is 1.95 bits per heavy atom. The SMILES string of the molecule is O=C1CSC(=NN=Cc2cccc(-c3ccc(O)cc3)c2)N1. The summed E-state index contributed by atoms with van der Waals surface area (Å²) in [4.78, 5) is 11.0. The molecule has 110 valence electrons. The molecule has 3 rings (SSSR count). The average Bonchev–Trinajstić information content (AvgIpc) is 2.94. The molecule has 0 aromatic heterocycles. The van der Waals surface area contributed by atoms with E-state index >= 15 is 0 Å². The molecule has 0 radical (unpaired) electrons. The van der Waals surface area contributed by atoms with Crippen LogP contribution < -0.4 is 5.32 Å². The lowest BCUT2D eigenvalue weighted by Gasteiger charge is -2.02. The second-order valence-electron chi connectivity index (χ2n) is 4.66. The van der Waals surface area contributed by atoms with E-state index in [9.17, 15) is 9.90 Å². The average molecular weight is 311 g/mol. The zero-order valence-electron chi connectivity index (χ0n) is 11.6. The number of amidine groups is 1. The summed E-state index contributed by atoms with van der Waals surface area (Å²) in [7, 11) is 0. The molecule has 1 heterocycles. The van der Waals surface area contributed by atoms with Gasteiger partial charge in [0.05, 0.1) is 12.0 Å². The van der Waals surface area contributed by atoms with Crippen LogP contribution in [0.3, 0.4) is 0 Å². The van der Waals surface area contributed by atoms with Crippen molar-refractivity contribution in [2.24, 2.45) is 10.2 Å². The Kier molecular flexibility index (Phi) is 4.20. The van der Waals surface area contributed by atoms with Crippen LogP contribution in [-0.4, -0.2) is 28.1 Å². The van der Waals surface area contributed by atoms with Crippen LogP contribution in [0.15, 0.2) is 58.7 Å². The topological polar surface area (TPSA) is 74.0 Å². The lowest BCUT2D eigenvalue weighted by molar-refractivity contribution is -0.116. The molecule has 0 aliphatic carbocycles. The van der Waals surface area contributed by atoms with Crippen LogP contribution in [-0.2, 0) is 4.79 Å². The van der Waals surface area contributed by atoms with Crippen LogP contribution in [0.1, 0.15) is 5.56 Å². The molecule has 1 aliphatic heterocycles. The fourth-order valence-electron chi connectivity index (χ4n) is 1.98. The van der Waals surface area contributed by atoms with E-state index in [1.165, 1.54) is 11.8 Å². The van der Waals surface area contributed by atoms with Crippen molar-refractivity contribution in [3.05, 3.63) is 54.1 Å². The molecule has 1 aliphatic rings. The molecule has 5 nitrogen and oxygen atoms in total. The number of hydrogen-bond acceptors (Lipinski definition) is 5. The Morgan fingerprint density at radius 3 is 2.68 bits per heavy atom. The van der Waals surface area contributed by atoms with Crippen molar-refractivity contribution >= 4 is 29.1 Å². The highest BCUT2D eigenvalue weighted by Gasteiger charge is 2.15. The normalized spacial score (nSPS) is 16.4. The number of hydrogen-bond donors (Lipinski definition) is 2. The predicted octanol–water partition coefficient (Wildman–Crippen LogP) is 2.61. The largest absolute Gasteiger partial charge is 0.508 e. The maximum Gasteiger partial charge on any atom is 0.236 e. The number of rotatable bonds is 3. The summed E-state index contributed by atoms with van der Waals surface area (Å²) >= 11 is 1.34. The van der Waals surface area contributed by atoms with Gasteiger partial charge in [0.2, 0.25) is 5.91 Å². The van der Waals surface area contributed by atoms with Crippen molar-refractivity contribution in [2.75, 3.05) is 5.75 Å². The highest BCUT2D eigenvalue weighted by Crippen LogP contribution is 2.22. The molecule has 0 saturated carbocycles. The van der Waals surface area contributed by atoms with Crippen molar-refractivity contribution in [1.82, 2.24) is 5.32 Å². The van der Waals surface area contributed by atoms with Gasteiger partial charge in [-0.15, -0.1) is 5.10 Å². The van der Waals surface area contributed by atoms with Gasteiger partial charge in [-0.25, -0.2) is 0 Å². The van der Waals surface area contributed by atoms with Crippen LogP contribution >= 0.6 is 11.8 Å². The van der Waals surface area contributed by atoms with E-state index < -0.39 is 0 Å². The molecule has 1 saturated heterocycles. The molecule has 0 unspecified atom stereocenters. The first-order valence-corrected chi connectivity index (χ1v) is 7.62. The lowest BCUT2D eigenvalue weighted by Crippen LogP contribution is -2.19. The third kappa shape index (κ3) is 3.53. The summed E-state index contributed by atoms with van der Waals surface area (Å²) < 4.78 is 0. The first-order valence-electron chi connectivity index (χ1n) is 6.64.